The van der Waals surface area contributed by atoms with Gasteiger partial charge in [-0.3, -0.25) is 14.4 Å². The van der Waals surface area contributed by atoms with E-state index in [-0.39, 0.29) is 29.6 Å². The fraction of sp³-hybridized carbons (Fsp3) is 0.581. The zero-order chi connectivity index (χ0) is 27.6. The van der Waals surface area contributed by atoms with Gasteiger partial charge in [0.05, 0.1) is 23.2 Å². The molecule has 5 rings (SSSR count). The number of aliphatic hydroxyl groups is 1. The van der Waals surface area contributed by atoms with E-state index in [0.717, 1.165) is 61.8 Å². The van der Waals surface area contributed by atoms with Crippen LogP contribution < -0.4 is 4.90 Å². The topological polar surface area (TPSA) is 87.2 Å². The van der Waals surface area contributed by atoms with E-state index in [9.17, 15) is 14.4 Å². The maximum atomic E-state index is 14.6. The third-order valence-electron chi connectivity index (χ3n) is 8.56. The molecule has 0 aliphatic carbocycles. The molecule has 1 unspecified atom stereocenters. The second kappa shape index (κ2) is 11.9. The number of unbranched alkanes of at least 4 members (excludes halogenated alkanes) is 3. The van der Waals surface area contributed by atoms with E-state index < -0.39 is 22.6 Å². The summed E-state index contributed by atoms with van der Waals surface area (Å²) in [6, 6.07) is 5.41. The van der Waals surface area contributed by atoms with Gasteiger partial charge in [-0.05, 0) is 63.1 Å². The van der Waals surface area contributed by atoms with Gasteiger partial charge in [-0.1, -0.05) is 49.3 Å². The Morgan fingerprint density at radius 3 is 2.69 bits per heavy atom. The lowest BCUT2D eigenvalue weighted by Gasteiger charge is -2.35. The highest BCUT2D eigenvalue weighted by Gasteiger charge is 2.70. The average molecular weight is 553 g/mol. The number of cyclic esters (lactones) is 1. The maximum absolute atomic E-state index is 14.6. The molecule has 2 saturated heterocycles. The van der Waals surface area contributed by atoms with Crippen molar-refractivity contribution in [2.75, 3.05) is 31.2 Å². The Morgan fingerprint density at radius 2 is 1.87 bits per heavy atom. The summed E-state index contributed by atoms with van der Waals surface area (Å²) in [4.78, 5) is 45.9. The van der Waals surface area contributed by atoms with Gasteiger partial charge in [0.2, 0.25) is 5.91 Å². The molecule has 7 nitrogen and oxygen atoms in total. The Balaban J connectivity index is 1.55. The summed E-state index contributed by atoms with van der Waals surface area (Å²) in [6.07, 6.45) is 14.2. The van der Waals surface area contributed by atoms with E-state index >= 15 is 0 Å². The predicted octanol–water partition coefficient (Wildman–Crippen LogP) is 4.34. The van der Waals surface area contributed by atoms with Crippen molar-refractivity contribution in [3.8, 4) is 0 Å². The Bertz CT molecular complexity index is 1170. The normalized spacial score (nSPS) is 31.4. The highest BCUT2D eigenvalue weighted by molar-refractivity contribution is 8.02. The first kappa shape index (κ1) is 28.0. The molecule has 0 aromatic heterocycles. The van der Waals surface area contributed by atoms with E-state index in [1.807, 2.05) is 43.0 Å². The number of rotatable bonds is 7. The van der Waals surface area contributed by atoms with Crippen molar-refractivity contribution in [2.45, 2.75) is 74.8 Å². The average Bonchev–Trinajstić information content (AvgIpc) is 3.30. The van der Waals surface area contributed by atoms with E-state index in [2.05, 4.69) is 18.2 Å². The van der Waals surface area contributed by atoms with Crippen LogP contribution in [-0.4, -0.2) is 70.1 Å². The quantitative estimate of drug-likeness (QED) is 0.308. The Kier molecular flexibility index (Phi) is 8.52. The minimum absolute atomic E-state index is 0.0894. The van der Waals surface area contributed by atoms with Crippen LogP contribution >= 0.6 is 11.8 Å². The number of nitrogens with zero attached hydrogens (tertiary/aromatic N) is 2. The van der Waals surface area contributed by atoms with Crippen LogP contribution in [-0.2, 0) is 19.1 Å². The van der Waals surface area contributed by atoms with Gasteiger partial charge in [-0.2, -0.15) is 0 Å². The number of benzene rings is 1. The number of likely N-dealkylation sites (tertiary alicyclic amines) is 1. The first-order chi connectivity index (χ1) is 18.9. The van der Waals surface area contributed by atoms with Crippen LogP contribution in [0.2, 0.25) is 0 Å². The Morgan fingerprint density at radius 1 is 1.05 bits per heavy atom. The summed E-state index contributed by atoms with van der Waals surface area (Å²) in [7, 11) is 0. The summed E-state index contributed by atoms with van der Waals surface area (Å²) in [6.45, 7) is 5.41. The molecular weight excluding hydrogens is 512 g/mol. The van der Waals surface area contributed by atoms with Crippen molar-refractivity contribution in [3.63, 3.8) is 0 Å². The zero-order valence-electron chi connectivity index (χ0n) is 23.0. The number of aliphatic hydroxyl groups excluding tert-OH is 1. The molecule has 0 radical (unpaired) electrons. The van der Waals surface area contributed by atoms with Crippen molar-refractivity contribution < 1.29 is 24.2 Å². The summed E-state index contributed by atoms with van der Waals surface area (Å²) < 4.78 is 4.87. The van der Waals surface area contributed by atoms with Crippen molar-refractivity contribution in [2.24, 2.45) is 11.8 Å². The molecule has 0 bridgehead atoms. The van der Waals surface area contributed by atoms with Crippen LogP contribution in [0.4, 0.5) is 5.69 Å². The lowest BCUT2D eigenvalue weighted by Crippen LogP contribution is -2.53. The van der Waals surface area contributed by atoms with Crippen molar-refractivity contribution in [1.29, 1.82) is 0 Å². The van der Waals surface area contributed by atoms with Gasteiger partial charge in [0.15, 0.2) is 0 Å². The van der Waals surface area contributed by atoms with Gasteiger partial charge in [-0.15, -0.1) is 11.8 Å². The van der Waals surface area contributed by atoms with E-state index in [1.54, 1.807) is 16.7 Å². The second-order valence-corrected chi connectivity index (χ2v) is 12.7. The van der Waals surface area contributed by atoms with Crippen molar-refractivity contribution >= 4 is 35.2 Å². The number of amides is 2. The molecule has 210 valence electrons. The van der Waals surface area contributed by atoms with E-state index in [1.165, 1.54) is 0 Å². The van der Waals surface area contributed by atoms with Crippen LogP contribution in [0.15, 0.2) is 42.5 Å². The van der Waals surface area contributed by atoms with Crippen molar-refractivity contribution in [3.05, 3.63) is 53.6 Å². The van der Waals surface area contributed by atoms with Gasteiger partial charge in [0.1, 0.15) is 6.04 Å². The summed E-state index contributed by atoms with van der Waals surface area (Å²) in [5, 5.41) is 8.95. The Hall–Kier alpha value is -2.58. The number of ether oxygens (including phenoxy) is 1. The highest BCUT2D eigenvalue weighted by atomic mass is 32.2. The number of aryl methyl sites for hydroxylation is 2. The van der Waals surface area contributed by atoms with Gasteiger partial charge in [-0.25, -0.2) is 0 Å². The van der Waals surface area contributed by atoms with Crippen LogP contribution in [0.3, 0.4) is 0 Å². The molecule has 1 N–H and O–H groups in total. The molecule has 4 aliphatic heterocycles. The number of anilines is 1. The summed E-state index contributed by atoms with van der Waals surface area (Å²) in [5.41, 5.74) is 2.94. The first-order valence-electron chi connectivity index (χ1n) is 14.4. The van der Waals surface area contributed by atoms with Gasteiger partial charge in [0.25, 0.3) is 5.91 Å². The molecule has 4 aliphatic rings. The fourth-order valence-electron chi connectivity index (χ4n) is 6.63. The molecular formula is C31H40N2O5S. The molecule has 2 fully saturated rings. The lowest BCUT2D eigenvalue weighted by atomic mass is 9.78. The largest absolute Gasteiger partial charge is 0.465 e. The third-order valence-corrected chi connectivity index (χ3v) is 10.3. The van der Waals surface area contributed by atoms with Gasteiger partial charge in [0, 0.05) is 30.6 Å². The SMILES string of the molecule is Cc1ccc(C)c(N2CC=C[C@]34S[C@@H]5/C=C\CCCCOC(=O)[C@@H]5[C@H]3C(=O)N(CCCCCCO)C4C2=O)c1. The molecule has 1 aromatic carbocycles. The van der Waals surface area contributed by atoms with Crippen molar-refractivity contribution in [1.82, 2.24) is 4.90 Å². The molecule has 0 saturated carbocycles. The highest BCUT2D eigenvalue weighted by Crippen LogP contribution is 2.60. The molecule has 5 atom stereocenters. The zero-order valence-corrected chi connectivity index (χ0v) is 23.8. The third kappa shape index (κ3) is 5.18. The monoisotopic (exact) mass is 552 g/mol. The van der Waals surface area contributed by atoms with Crippen LogP contribution in [0.5, 0.6) is 0 Å². The molecule has 2 amide bonds. The predicted molar refractivity (Wildman–Crippen MR) is 154 cm³/mol. The number of carbonyl (C=O) groups is 3. The molecule has 8 heteroatoms. The number of hydrogen-bond donors (Lipinski definition) is 1. The number of esters is 1. The van der Waals surface area contributed by atoms with Crippen LogP contribution in [0, 0.1) is 25.7 Å². The fourth-order valence-corrected chi connectivity index (χ4v) is 8.63. The second-order valence-electron chi connectivity index (χ2n) is 11.2. The Labute approximate surface area is 235 Å². The summed E-state index contributed by atoms with van der Waals surface area (Å²) in [5.74, 6) is -1.80. The van der Waals surface area contributed by atoms with Crippen LogP contribution in [0.1, 0.15) is 56.1 Å². The van der Waals surface area contributed by atoms with E-state index in [0.29, 0.717) is 19.7 Å². The molecule has 1 aromatic rings. The van der Waals surface area contributed by atoms with Gasteiger partial charge < -0.3 is 19.6 Å². The lowest BCUT2D eigenvalue weighted by molar-refractivity contribution is -0.153. The number of thioether (sulfide) groups is 1. The number of carbonyl (C=O) groups excluding carboxylic acids is 3. The number of fused-ring (bicyclic) bond motifs is 2. The van der Waals surface area contributed by atoms with E-state index in [4.69, 9.17) is 9.84 Å². The molecule has 39 heavy (non-hydrogen) atoms. The first-order valence-corrected chi connectivity index (χ1v) is 15.3. The van der Waals surface area contributed by atoms with Crippen LogP contribution in [0.25, 0.3) is 0 Å². The summed E-state index contributed by atoms with van der Waals surface area (Å²) >= 11 is 1.60. The molecule has 1 spiro atoms. The minimum atomic E-state index is -0.835. The van der Waals surface area contributed by atoms with Gasteiger partial charge >= 0.3 is 5.97 Å². The number of hydrogen-bond acceptors (Lipinski definition) is 6. The number of allylic oxidation sites excluding steroid dienone is 1. The standard InChI is InChI=1S/C31H40N2O5S/c1-21-13-14-22(2)23(20-21)32-17-11-15-31-26(25-24(39-31)12-7-3-6-10-19-38-30(25)37)28(35)33(27(31)29(32)36)16-8-4-5-9-18-34/h7,11-15,20,24-27,34H,3-6,8-10,16-19H2,1-2H3/b12-7-/t24-,25+,26+,27?,31+/m1/s1. The minimum Gasteiger partial charge on any atom is -0.465 e. The molecule has 4 heterocycles. The smallest absolute Gasteiger partial charge is 0.311 e. The maximum Gasteiger partial charge on any atom is 0.311 e.